The maximum atomic E-state index is 11.6. The van der Waals surface area contributed by atoms with Crippen LogP contribution in [0.3, 0.4) is 0 Å². The van der Waals surface area contributed by atoms with Gasteiger partial charge in [-0.2, -0.15) is 19.5 Å². The maximum Gasteiger partial charge on any atom is 0.315 e. The van der Waals surface area contributed by atoms with Gasteiger partial charge in [0.15, 0.2) is 17.5 Å². The Hall–Kier alpha value is -6.02. The molecule has 0 radical (unpaired) electrons. The fourth-order valence-electron chi connectivity index (χ4n) is 2.59. The molecular weight excluding hydrogens is 675 g/mol. The molecular formula is C31H57FN18O2. The fraction of sp³-hybridized carbons (Fsp3) is 0.516. The highest BCUT2D eigenvalue weighted by atomic mass is 19.1. The number of alkyl halides is 1. The number of aryl methyl sites for hydroxylation is 8. The molecule has 0 aliphatic rings. The summed E-state index contributed by atoms with van der Waals surface area (Å²) in [7, 11) is 4.84. The van der Waals surface area contributed by atoms with Gasteiger partial charge in [0.25, 0.3) is 0 Å². The van der Waals surface area contributed by atoms with E-state index in [9.17, 15) is 4.39 Å². The van der Waals surface area contributed by atoms with Crippen molar-refractivity contribution in [1.82, 2.24) is 90.8 Å². The lowest BCUT2D eigenvalue weighted by Gasteiger charge is -1.94. The lowest BCUT2D eigenvalue weighted by atomic mass is 10.4. The Balaban J connectivity index is -0.000000262. The van der Waals surface area contributed by atoms with Gasteiger partial charge in [0.1, 0.15) is 12.5 Å². The Morgan fingerprint density at radius 1 is 0.596 bits per heavy atom. The zero-order valence-electron chi connectivity index (χ0n) is 28.5. The van der Waals surface area contributed by atoms with Gasteiger partial charge >= 0.3 is 6.01 Å². The van der Waals surface area contributed by atoms with E-state index in [-0.39, 0.29) is 36.3 Å². The summed E-state index contributed by atoms with van der Waals surface area (Å²) in [6.07, 6.45) is 6.71. The Morgan fingerprint density at radius 2 is 1.10 bits per heavy atom. The van der Waals surface area contributed by atoms with Crippen LogP contribution < -0.4 is 9.47 Å². The molecule has 0 aliphatic heterocycles. The third kappa shape index (κ3) is 25.9. The normalized spacial score (nSPS) is 8.58. The molecule has 0 bridgehead atoms. The van der Waals surface area contributed by atoms with Crippen molar-refractivity contribution in [3.63, 3.8) is 0 Å². The average Bonchev–Trinajstić information content (AvgIpc) is 3.84. The SMILES string of the molecule is C.C.C.C.CCn1nnc(C)n1.COc1ccc(C)nn1.COc1ncccn1.Cc1ncccn1.Cc1nnn(C)n1.Cc1nnn(CCF)n1. The van der Waals surface area contributed by atoms with Crippen molar-refractivity contribution >= 4 is 0 Å². The van der Waals surface area contributed by atoms with Crippen LogP contribution in [0.15, 0.2) is 49.1 Å². The number of methoxy groups -OCH3 is 2. The number of halogens is 1. The first-order valence-electron chi connectivity index (χ1n) is 14.2. The second-order valence-electron chi connectivity index (χ2n) is 8.72. The minimum Gasteiger partial charge on any atom is -0.480 e. The predicted molar refractivity (Wildman–Crippen MR) is 196 cm³/mol. The summed E-state index contributed by atoms with van der Waals surface area (Å²) in [5, 5.41) is 40.6. The molecule has 0 aromatic carbocycles. The number of aromatic nitrogens is 18. The smallest absolute Gasteiger partial charge is 0.315 e. The van der Waals surface area contributed by atoms with Crippen molar-refractivity contribution in [3.05, 3.63) is 78.0 Å². The molecule has 0 N–H and O–H groups in total. The van der Waals surface area contributed by atoms with E-state index < -0.39 is 6.67 Å². The summed E-state index contributed by atoms with van der Waals surface area (Å²) in [4.78, 5) is 19.5. The van der Waals surface area contributed by atoms with Crippen LogP contribution in [0.1, 0.15) is 65.6 Å². The van der Waals surface area contributed by atoms with E-state index in [1.54, 1.807) is 75.8 Å². The summed E-state index contributed by atoms with van der Waals surface area (Å²) < 4.78 is 21.0. The molecule has 6 aromatic heterocycles. The van der Waals surface area contributed by atoms with Gasteiger partial charge in [-0.25, -0.2) is 24.3 Å². The monoisotopic (exact) mass is 732 g/mol. The number of hydrogen-bond donors (Lipinski definition) is 0. The van der Waals surface area contributed by atoms with Gasteiger partial charge < -0.3 is 9.47 Å². The molecule has 20 nitrogen and oxygen atoms in total. The van der Waals surface area contributed by atoms with E-state index in [1.165, 1.54) is 16.7 Å². The molecule has 290 valence electrons. The first-order chi connectivity index (χ1) is 23.1. The minimum atomic E-state index is -0.449. The summed E-state index contributed by atoms with van der Waals surface area (Å²) in [6.45, 7) is 11.6. The summed E-state index contributed by atoms with van der Waals surface area (Å²) in [5.74, 6) is 3.39. The molecule has 0 atom stereocenters. The maximum absolute atomic E-state index is 11.6. The van der Waals surface area contributed by atoms with Crippen molar-refractivity contribution in [2.75, 3.05) is 20.9 Å². The number of tetrazole rings is 3. The van der Waals surface area contributed by atoms with Gasteiger partial charge in [0, 0.05) is 30.9 Å². The molecule has 6 rings (SSSR count). The van der Waals surface area contributed by atoms with Crippen molar-refractivity contribution in [2.45, 2.75) is 84.3 Å². The van der Waals surface area contributed by atoms with Crippen LogP contribution >= 0.6 is 0 Å². The average molecular weight is 733 g/mol. The zero-order chi connectivity index (χ0) is 35.6. The molecule has 21 heteroatoms. The van der Waals surface area contributed by atoms with Crippen LogP contribution in [-0.4, -0.2) is 112 Å². The van der Waals surface area contributed by atoms with Gasteiger partial charge in [-0.1, -0.05) is 29.7 Å². The first kappa shape index (κ1) is 52.8. The molecule has 0 spiro atoms. The molecule has 6 aromatic rings. The molecule has 0 saturated carbocycles. The third-order valence-corrected chi connectivity index (χ3v) is 4.68. The number of ether oxygens (including phenoxy) is 2. The quantitative estimate of drug-likeness (QED) is 0.243. The van der Waals surface area contributed by atoms with E-state index in [4.69, 9.17) is 9.47 Å². The van der Waals surface area contributed by atoms with Crippen molar-refractivity contribution < 1.29 is 13.9 Å². The minimum absolute atomic E-state index is 0. The van der Waals surface area contributed by atoms with Crippen molar-refractivity contribution in [3.8, 4) is 11.9 Å². The molecule has 0 saturated heterocycles. The van der Waals surface area contributed by atoms with Crippen molar-refractivity contribution in [2.24, 2.45) is 7.05 Å². The Morgan fingerprint density at radius 3 is 1.37 bits per heavy atom. The summed E-state index contributed by atoms with van der Waals surface area (Å²) >= 11 is 0. The molecule has 52 heavy (non-hydrogen) atoms. The Kier molecular flexibility index (Phi) is 32.7. The van der Waals surface area contributed by atoms with Crippen LogP contribution in [0, 0.1) is 34.6 Å². The van der Waals surface area contributed by atoms with Crippen LogP contribution in [0.5, 0.6) is 11.9 Å². The zero-order valence-corrected chi connectivity index (χ0v) is 28.5. The van der Waals surface area contributed by atoms with Gasteiger partial charge in [0.05, 0.1) is 40.1 Å². The predicted octanol–water partition coefficient (Wildman–Crippen LogP) is 4.08. The molecule has 0 unspecified atom stereocenters. The number of hydrogen-bond acceptors (Lipinski definition) is 17. The van der Waals surface area contributed by atoms with Gasteiger partial charge in [0.2, 0.25) is 5.88 Å². The second-order valence-corrected chi connectivity index (χ2v) is 8.72. The summed E-state index contributed by atoms with van der Waals surface area (Å²) in [5.41, 5.74) is 0.899. The molecule has 0 amide bonds. The third-order valence-electron chi connectivity index (χ3n) is 4.68. The van der Waals surface area contributed by atoms with E-state index in [0.29, 0.717) is 23.5 Å². The topological polar surface area (TPSA) is 227 Å². The van der Waals surface area contributed by atoms with Crippen LogP contribution in [-0.2, 0) is 20.1 Å². The lowest BCUT2D eigenvalue weighted by Crippen LogP contribution is -2.03. The molecule has 0 aliphatic carbocycles. The van der Waals surface area contributed by atoms with Crippen LogP contribution in [0.4, 0.5) is 4.39 Å². The van der Waals surface area contributed by atoms with E-state index in [0.717, 1.165) is 23.9 Å². The molecule has 6 heterocycles. The largest absolute Gasteiger partial charge is 0.480 e. The van der Waals surface area contributed by atoms with Gasteiger partial charge in [-0.05, 0) is 75.4 Å². The highest BCUT2D eigenvalue weighted by Gasteiger charge is 1.94. The standard InChI is InChI=1S/C6H8N2O.C5H6N2O.C5H6N2.C4H7FN4.C4H8N4.C3H6N4.4CH4/c1-5-3-4-6(9-2)8-7-5;1-8-5-6-3-2-4-7-5;1-5-6-3-2-4-7-5;1-4-6-8-9(7-4)3-2-5;1-3-8-6-4(2)5-7-8;1-3-4-6-7(2)5-3;;;;/h3-4H,1-2H3;2-4H,1H3;2-4H,1H3;2-3H2,1H3;3H2,1-2H3;1-2H3;4*1H4. The van der Waals surface area contributed by atoms with E-state index >= 15 is 0 Å². The van der Waals surface area contributed by atoms with Crippen LogP contribution in [0.2, 0.25) is 0 Å². The highest BCUT2D eigenvalue weighted by molar-refractivity contribution is 5.09. The fourth-order valence-corrected chi connectivity index (χ4v) is 2.59. The number of rotatable bonds is 5. The van der Waals surface area contributed by atoms with Gasteiger partial charge in [-0.15, -0.1) is 35.7 Å². The van der Waals surface area contributed by atoms with Crippen molar-refractivity contribution in [1.29, 1.82) is 0 Å². The second kappa shape index (κ2) is 32.2. The summed E-state index contributed by atoms with van der Waals surface area (Å²) in [6, 6.07) is 7.58. The molecule has 0 fully saturated rings. The Labute approximate surface area is 306 Å². The number of nitrogens with zero attached hydrogens (tertiary/aromatic N) is 18. The highest BCUT2D eigenvalue weighted by Crippen LogP contribution is 2.01. The van der Waals surface area contributed by atoms with E-state index in [1.807, 2.05) is 33.8 Å². The first-order valence-corrected chi connectivity index (χ1v) is 14.2. The Bertz CT molecular complexity index is 1600. The van der Waals surface area contributed by atoms with Gasteiger partial charge in [-0.3, -0.25) is 0 Å². The van der Waals surface area contributed by atoms with E-state index in [2.05, 4.69) is 76.4 Å². The van der Waals surface area contributed by atoms with Crippen LogP contribution in [0.25, 0.3) is 0 Å². The lowest BCUT2D eigenvalue weighted by molar-refractivity contribution is 0.379.